The predicted molar refractivity (Wildman–Crippen MR) is 261 cm³/mol. The minimum Gasteiger partial charge on any atom is -0.390 e. The van der Waals surface area contributed by atoms with Crippen molar-refractivity contribution in [3.8, 4) is 0 Å². The molecule has 1 heterocycles. The van der Waals surface area contributed by atoms with Crippen molar-refractivity contribution >= 4 is 21.3 Å². The smallest absolute Gasteiger partial charge is 0.133 e. The van der Waals surface area contributed by atoms with Gasteiger partial charge in [-0.1, -0.05) is 139 Å². The summed E-state index contributed by atoms with van der Waals surface area (Å²) in [7, 11) is 11.6. The Balaban J connectivity index is -0.000000815. The average molecular weight is 831 g/mol. The van der Waals surface area contributed by atoms with E-state index in [1.807, 2.05) is 25.2 Å². The lowest BCUT2D eigenvalue weighted by Gasteiger charge is -2.08. The summed E-state index contributed by atoms with van der Waals surface area (Å²) in [6, 6.07) is 0. The highest BCUT2D eigenvalue weighted by Gasteiger charge is 2.18. The molecule has 2 atom stereocenters. The van der Waals surface area contributed by atoms with Gasteiger partial charge in [0.2, 0.25) is 0 Å². The maximum atomic E-state index is 11.9. The topological polar surface area (TPSA) is 67.9 Å². The van der Waals surface area contributed by atoms with Crippen molar-refractivity contribution in [1.82, 2.24) is 10.2 Å². The molecule has 0 saturated carbocycles. The predicted octanol–water partition coefficient (Wildman–Crippen LogP) is 14.4. The largest absolute Gasteiger partial charge is 0.390 e. The molecule has 1 unspecified atom stereocenters. The summed E-state index contributed by atoms with van der Waals surface area (Å²) in [4.78, 5) is 23.8. The van der Waals surface area contributed by atoms with E-state index in [1.165, 1.54) is 134 Å². The van der Waals surface area contributed by atoms with Crippen LogP contribution in [-0.2, 0) is 19.1 Å². The highest BCUT2D eigenvalue weighted by Crippen LogP contribution is 2.19. The first-order chi connectivity index (χ1) is 28.2. The fraction of sp³-hybridized carbons (Fsp3) is 0.725. The molecular formula is C51H95N2O4P. The number of nitrogens with zero attached hydrogens (tertiary/aromatic N) is 1. The average Bonchev–Trinajstić information content (AvgIpc) is 3.71. The van der Waals surface area contributed by atoms with Crippen molar-refractivity contribution in [3.63, 3.8) is 0 Å². The van der Waals surface area contributed by atoms with Crippen LogP contribution in [0.4, 0.5) is 0 Å². The quantitative estimate of drug-likeness (QED) is 0.0302. The van der Waals surface area contributed by atoms with E-state index in [0.29, 0.717) is 18.1 Å². The molecular weight excluding hydrogens is 736 g/mol. The maximum absolute atomic E-state index is 11.9. The molecule has 0 bridgehead atoms. The van der Waals surface area contributed by atoms with Gasteiger partial charge in [0.1, 0.15) is 12.1 Å². The van der Waals surface area contributed by atoms with E-state index in [4.69, 9.17) is 4.74 Å². The molecule has 1 rings (SSSR count). The van der Waals surface area contributed by atoms with Gasteiger partial charge in [-0.05, 0) is 95.8 Å². The standard InChI is InChI=1S/C23H40O2.C19H35P.C7H14N2O.C2H6O/c1-2-3-4-5-6-7-8-9-10-11-12-13-14-15-16-17-23(24)20-22-18-19-25-21-22;1-3-4-5-6-7-8-9-10-11-12-13-14-15-16-17-18-19(2)20;1-8-7(4-5-10)6-9(2)3;1-3-2/h6-7,9-10,22H,2-5,8,11-21H2,1H3;7-8,10-11H,2-6,9,12-18,20H2,1H3;5-6,8H,4H2,1-3H3;1-2H3/b7-6-,10-9-;8-7-,11-10-;7-6-;/t22-;;;/m0.../s1. The number of ketones is 1. The van der Waals surface area contributed by atoms with E-state index in [1.54, 1.807) is 21.3 Å². The highest BCUT2D eigenvalue weighted by molar-refractivity contribution is 7.22. The molecule has 1 aliphatic rings. The number of carbonyl (C=O) groups excluding carboxylic acids is 2. The van der Waals surface area contributed by atoms with Crippen molar-refractivity contribution in [2.75, 3.05) is 48.6 Å². The minimum atomic E-state index is 0.446. The Kier molecular flexibility index (Phi) is 54.6. The molecule has 0 aromatic carbocycles. The van der Waals surface area contributed by atoms with E-state index in [9.17, 15) is 9.59 Å². The lowest BCUT2D eigenvalue weighted by molar-refractivity contribution is -0.120. The van der Waals surface area contributed by atoms with Crippen LogP contribution in [0.3, 0.4) is 0 Å². The van der Waals surface area contributed by atoms with Crippen LogP contribution < -0.4 is 5.32 Å². The number of nitrogens with one attached hydrogen (secondary N) is 1. The fourth-order valence-electron chi connectivity index (χ4n) is 6.09. The molecule has 6 nitrogen and oxygen atoms in total. The van der Waals surface area contributed by atoms with Crippen molar-refractivity contribution in [2.24, 2.45) is 5.92 Å². The molecule has 338 valence electrons. The number of unbranched alkanes of at least 4 members (excludes halogenated alkanes) is 16. The molecule has 0 aliphatic carbocycles. The zero-order chi connectivity index (χ0) is 43.6. The summed E-state index contributed by atoms with van der Waals surface area (Å²) in [5, 5.41) is 4.17. The lowest BCUT2D eigenvalue weighted by atomic mass is 9.98. The second kappa shape index (κ2) is 52.7. The summed E-state index contributed by atoms with van der Waals surface area (Å²) in [5.74, 6) is 0.951. The molecule has 7 heteroatoms. The third-order valence-electron chi connectivity index (χ3n) is 9.43. The Bertz CT molecular complexity index is 1030. The van der Waals surface area contributed by atoms with Crippen LogP contribution in [0, 0.1) is 5.92 Å². The monoisotopic (exact) mass is 831 g/mol. The second-order valence-corrected chi connectivity index (χ2v) is 16.6. The van der Waals surface area contributed by atoms with Crippen LogP contribution in [0.15, 0.2) is 72.4 Å². The van der Waals surface area contributed by atoms with Gasteiger partial charge in [-0.2, -0.15) is 0 Å². The van der Waals surface area contributed by atoms with Crippen molar-refractivity contribution in [1.29, 1.82) is 0 Å². The normalized spacial score (nSPS) is 13.9. The first-order valence-electron chi connectivity index (χ1n) is 23.2. The summed E-state index contributed by atoms with van der Waals surface area (Å²) in [5.41, 5.74) is 0.931. The number of allylic oxidation sites excluding steroid dienone is 10. The number of aldehydes is 1. The zero-order valence-corrected chi connectivity index (χ0v) is 40.4. The van der Waals surface area contributed by atoms with Gasteiger partial charge in [0, 0.05) is 79.7 Å². The van der Waals surface area contributed by atoms with Gasteiger partial charge in [-0.25, -0.2) is 0 Å². The molecule has 0 radical (unpaired) electrons. The Morgan fingerprint density at radius 3 is 1.53 bits per heavy atom. The number of rotatable bonds is 34. The number of methoxy groups -OCH3 is 1. The molecule has 58 heavy (non-hydrogen) atoms. The van der Waals surface area contributed by atoms with Crippen LogP contribution in [0.25, 0.3) is 0 Å². The molecule has 1 aliphatic heterocycles. The third kappa shape index (κ3) is 55.8. The van der Waals surface area contributed by atoms with Crippen LogP contribution >= 0.6 is 9.24 Å². The van der Waals surface area contributed by atoms with E-state index in [2.05, 4.69) is 88.3 Å². The zero-order valence-electron chi connectivity index (χ0n) is 39.2. The maximum Gasteiger partial charge on any atom is 0.133 e. The lowest BCUT2D eigenvalue weighted by Crippen LogP contribution is -2.12. The van der Waals surface area contributed by atoms with Gasteiger partial charge in [0.25, 0.3) is 0 Å². The Labute approximate surface area is 363 Å². The summed E-state index contributed by atoms with van der Waals surface area (Å²) >= 11 is 0. The van der Waals surface area contributed by atoms with E-state index >= 15 is 0 Å². The van der Waals surface area contributed by atoms with Crippen LogP contribution in [0.5, 0.6) is 0 Å². The molecule has 0 spiro atoms. The highest BCUT2D eigenvalue weighted by atomic mass is 31.0. The van der Waals surface area contributed by atoms with Crippen LogP contribution in [0.2, 0.25) is 0 Å². The number of hydrogen-bond donors (Lipinski definition) is 1. The molecule has 0 aromatic heterocycles. The van der Waals surface area contributed by atoms with E-state index in [-0.39, 0.29) is 0 Å². The second-order valence-electron chi connectivity index (χ2n) is 15.7. The third-order valence-corrected chi connectivity index (χ3v) is 9.72. The van der Waals surface area contributed by atoms with Crippen molar-refractivity contribution < 1.29 is 19.1 Å². The number of Topliss-reactive ketones (excluding diaryl/α,β-unsaturated/α-hetero) is 1. The summed E-state index contributed by atoms with van der Waals surface area (Å²) in [6.07, 6.45) is 53.6. The fourth-order valence-corrected chi connectivity index (χ4v) is 6.29. The first-order valence-corrected chi connectivity index (χ1v) is 23.8. The van der Waals surface area contributed by atoms with Gasteiger partial charge in [0.05, 0.1) is 0 Å². The van der Waals surface area contributed by atoms with Crippen LogP contribution in [0.1, 0.15) is 187 Å². The molecule has 1 saturated heterocycles. The van der Waals surface area contributed by atoms with Crippen LogP contribution in [-0.4, -0.2) is 65.5 Å². The number of ether oxygens (including phenoxy) is 2. The summed E-state index contributed by atoms with van der Waals surface area (Å²) in [6.45, 7) is 10.1. The van der Waals surface area contributed by atoms with Gasteiger partial charge < -0.3 is 24.5 Å². The first kappa shape index (κ1) is 60.0. The van der Waals surface area contributed by atoms with Gasteiger partial charge in [-0.3, -0.25) is 4.79 Å². The van der Waals surface area contributed by atoms with Crippen molar-refractivity contribution in [2.45, 2.75) is 187 Å². The van der Waals surface area contributed by atoms with E-state index < -0.39 is 0 Å². The van der Waals surface area contributed by atoms with Gasteiger partial charge in [-0.15, -0.1) is 9.24 Å². The number of hydrogen-bond acceptors (Lipinski definition) is 6. The van der Waals surface area contributed by atoms with Gasteiger partial charge in [0.15, 0.2) is 0 Å². The molecule has 0 aromatic rings. The van der Waals surface area contributed by atoms with Gasteiger partial charge >= 0.3 is 0 Å². The molecule has 1 fully saturated rings. The Morgan fingerprint density at radius 1 is 0.724 bits per heavy atom. The Morgan fingerprint density at radius 2 is 1.16 bits per heavy atom. The SMILES string of the molecule is C=C(P)CCCCCCC/C=C\C/C=C\CCCCC.CCCCC/C=C\C/C=C\CCCCCCCC(=O)C[C@@H]1CCOC1.CN/C(=C\N(C)C)CC=O.COC. The Hall–Kier alpha value is -2.27. The molecule has 0 amide bonds. The van der Waals surface area contributed by atoms with E-state index in [0.717, 1.165) is 63.7 Å². The minimum absolute atomic E-state index is 0.446. The summed E-state index contributed by atoms with van der Waals surface area (Å²) < 4.78 is 9.58. The number of carbonyl (C=O) groups is 2. The molecule has 1 N–H and O–H groups in total. The van der Waals surface area contributed by atoms with Crippen molar-refractivity contribution in [3.05, 3.63) is 72.4 Å².